The van der Waals surface area contributed by atoms with Crippen LogP contribution in [0.15, 0.2) is 78.2 Å². The van der Waals surface area contributed by atoms with Gasteiger partial charge in [0.05, 0.1) is 30.1 Å². The number of rotatable bonds is 13. The van der Waals surface area contributed by atoms with Crippen molar-refractivity contribution >= 4 is 45.9 Å². The van der Waals surface area contributed by atoms with Crippen LogP contribution in [-0.2, 0) is 20.8 Å². The number of fused-ring (bicyclic) bond motifs is 2. The van der Waals surface area contributed by atoms with Crippen LogP contribution in [0.1, 0.15) is 74.7 Å². The van der Waals surface area contributed by atoms with Crippen LogP contribution in [0.3, 0.4) is 0 Å². The first-order valence-corrected chi connectivity index (χ1v) is 19.8. The molecule has 3 heterocycles. The summed E-state index contributed by atoms with van der Waals surface area (Å²) in [5.41, 5.74) is 7.94. The Kier molecular flexibility index (Phi) is 12.5. The zero-order valence-corrected chi connectivity index (χ0v) is 32.1. The fourth-order valence-corrected chi connectivity index (χ4v) is 8.84. The number of piperidine rings is 1. The summed E-state index contributed by atoms with van der Waals surface area (Å²) in [5, 5.41) is 23.8. The number of aliphatic hydroxyl groups is 1. The molecule has 0 bridgehead atoms. The van der Waals surface area contributed by atoms with Crippen molar-refractivity contribution in [1.82, 2.24) is 25.8 Å². The van der Waals surface area contributed by atoms with Crippen molar-refractivity contribution in [2.24, 2.45) is 17.6 Å². The van der Waals surface area contributed by atoms with Crippen molar-refractivity contribution < 1.29 is 24.3 Å². The Bertz CT molecular complexity index is 1940. The fraction of sp³-hybridized carbons (Fsp3) is 0.452. The lowest BCUT2D eigenvalue weighted by Gasteiger charge is -2.47. The number of likely N-dealkylation sites (tertiary alicyclic amines) is 1. The molecule has 4 aromatic rings. The van der Waals surface area contributed by atoms with E-state index in [-0.39, 0.29) is 24.6 Å². The van der Waals surface area contributed by atoms with Crippen LogP contribution >= 0.6 is 11.3 Å². The van der Waals surface area contributed by atoms with Gasteiger partial charge in [0.1, 0.15) is 11.7 Å². The van der Waals surface area contributed by atoms with Gasteiger partial charge < -0.3 is 26.8 Å². The number of β-amino-alcohol motifs (C(OH)–C–C–N with tert-alkyl or cyclic N) is 1. The summed E-state index contributed by atoms with van der Waals surface area (Å²) in [5.74, 6) is -1.23. The summed E-state index contributed by atoms with van der Waals surface area (Å²) in [6, 6.07) is 20.1. The smallest absolute Gasteiger partial charge is 0.270 e. The minimum atomic E-state index is -1.32. The number of amides is 4. The summed E-state index contributed by atoms with van der Waals surface area (Å²) in [6.07, 6.45) is 3.97. The van der Waals surface area contributed by atoms with E-state index in [2.05, 4.69) is 25.8 Å². The fourth-order valence-electron chi connectivity index (χ4n) is 7.88. The van der Waals surface area contributed by atoms with Crippen LogP contribution in [0, 0.1) is 11.8 Å². The van der Waals surface area contributed by atoms with E-state index in [1.165, 1.54) is 11.3 Å². The Morgan fingerprint density at radius 3 is 2.41 bits per heavy atom. The molecule has 6 rings (SSSR count). The maximum absolute atomic E-state index is 14.1. The Hall–Kier alpha value is -4.65. The number of para-hydroxylation sites is 1. The highest BCUT2D eigenvalue weighted by molar-refractivity contribution is 7.10. The summed E-state index contributed by atoms with van der Waals surface area (Å²) in [6.45, 7) is 6.72. The molecule has 11 nitrogen and oxygen atoms in total. The molecule has 12 heteroatoms. The monoisotopic (exact) mass is 752 g/mol. The average Bonchev–Trinajstić information content (AvgIpc) is 3.61. The van der Waals surface area contributed by atoms with Crippen LogP contribution < -0.4 is 21.7 Å². The van der Waals surface area contributed by atoms with Gasteiger partial charge in [-0.2, -0.15) is 0 Å². The molecule has 0 radical (unpaired) electrons. The topological polar surface area (TPSA) is 167 Å². The molecular formula is C42H52N6O5S. The predicted molar refractivity (Wildman–Crippen MR) is 212 cm³/mol. The van der Waals surface area contributed by atoms with Gasteiger partial charge in [-0.1, -0.05) is 73.9 Å². The van der Waals surface area contributed by atoms with Crippen LogP contribution in [0.2, 0.25) is 0 Å². The molecule has 286 valence electrons. The lowest BCUT2D eigenvalue weighted by atomic mass is 9.72. The van der Waals surface area contributed by atoms with Crippen LogP contribution in [0.25, 0.3) is 22.0 Å². The number of thiophene rings is 1. The third-order valence-electron chi connectivity index (χ3n) is 10.6. The van der Waals surface area contributed by atoms with Gasteiger partial charge >= 0.3 is 0 Å². The summed E-state index contributed by atoms with van der Waals surface area (Å²) >= 11 is 1.53. The molecule has 0 spiro atoms. The van der Waals surface area contributed by atoms with Crippen LogP contribution in [-0.4, -0.2) is 81.5 Å². The second-order valence-corrected chi connectivity index (χ2v) is 16.9. The highest BCUT2D eigenvalue weighted by Gasteiger charge is 2.42. The largest absolute Gasteiger partial charge is 0.390 e. The van der Waals surface area contributed by atoms with Crippen LogP contribution in [0.5, 0.6) is 0 Å². The van der Waals surface area contributed by atoms with E-state index < -0.39 is 53.9 Å². The van der Waals surface area contributed by atoms with Gasteiger partial charge in [0.2, 0.25) is 17.7 Å². The summed E-state index contributed by atoms with van der Waals surface area (Å²) in [7, 11) is 0. The number of nitrogens with zero attached hydrogens (tertiary/aromatic N) is 2. The number of carbonyl (C=O) groups excluding carboxylic acids is 4. The Labute approximate surface area is 321 Å². The number of pyridine rings is 1. The third kappa shape index (κ3) is 10.1. The molecule has 2 aromatic heterocycles. The zero-order valence-electron chi connectivity index (χ0n) is 31.3. The Morgan fingerprint density at radius 2 is 1.67 bits per heavy atom. The van der Waals surface area contributed by atoms with Crippen molar-refractivity contribution in [2.75, 3.05) is 13.1 Å². The normalized spacial score (nSPS) is 20.6. The standard InChI is InChI=1S/C42H52N6O5S/c1-42(2,3)47-41(53)36-20-28-14-7-8-15-29(28)23-48(36)24-37(49)34(21-31-19-30(25-54-31)26-11-5-4-6-12-26)45-40(52)35(22-38(43)50)46-39(51)33-18-17-27-13-9-10-16-32(27)44-33/h4-6,9-13,16-19,25,28-29,34-37,49H,7-8,14-15,20-24H2,1-3H3,(H2,43,50)(H,45,52)(H,46,51)(H,47,53)/t28-,29+,34-,35-,36-,37+/m0/s1. The number of carbonyl (C=O) groups is 4. The third-order valence-corrected chi connectivity index (χ3v) is 11.5. The van der Waals surface area contributed by atoms with Gasteiger partial charge in [-0.15, -0.1) is 11.3 Å². The van der Waals surface area contributed by atoms with Gasteiger partial charge in [-0.25, -0.2) is 4.98 Å². The molecule has 54 heavy (non-hydrogen) atoms. The second kappa shape index (κ2) is 17.2. The number of hydrogen-bond acceptors (Lipinski definition) is 8. The molecule has 6 atom stereocenters. The average molecular weight is 753 g/mol. The quantitative estimate of drug-likeness (QED) is 0.131. The molecule has 2 aliphatic rings. The molecule has 0 unspecified atom stereocenters. The van der Waals surface area contributed by atoms with Gasteiger partial charge in [0, 0.05) is 35.3 Å². The second-order valence-electron chi connectivity index (χ2n) is 15.9. The number of hydrogen-bond donors (Lipinski definition) is 5. The van der Waals surface area contributed by atoms with Gasteiger partial charge in [-0.05, 0) is 80.2 Å². The summed E-state index contributed by atoms with van der Waals surface area (Å²) in [4.78, 5) is 60.9. The zero-order chi connectivity index (χ0) is 38.4. The SMILES string of the molecule is CC(C)(C)NC(=O)[C@@H]1C[C@@H]2CCCC[C@@H]2CN1C[C@@H](O)[C@H](Cc1cc(-c2ccccc2)cs1)NC(=O)[C@H](CC(N)=O)NC(=O)c1ccc2ccccc2n1. The van der Waals surface area contributed by atoms with Gasteiger partial charge in [0.25, 0.3) is 5.91 Å². The molecule has 2 fully saturated rings. The molecule has 6 N–H and O–H groups in total. The highest BCUT2D eigenvalue weighted by Crippen LogP contribution is 2.39. The molecule has 1 saturated carbocycles. The van der Waals surface area contributed by atoms with E-state index in [4.69, 9.17) is 5.73 Å². The Balaban J connectivity index is 1.25. The van der Waals surface area contributed by atoms with Crippen molar-refractivity contribution in [2.45, 2.75) is 95.5 Å². The molecular weight excluding hydrogens is 701 g/mol. The molecule has 1 aliphatic heterocycles. The minimum Gasteiger partial charge on any atom is -0.390 e. The minimum absolute atomic E-state index is 0.0587. The van der Waals surface area contributed by atoms with Crippen molar-refractivity contribution in [3.8, 4) is 11.1 Å². The van der Waals surface area contributed by atoms with Crippen molar-refractivity contribution in [3.05, 3.63) is 88.7 Å². The maximum atomic E-state index is 14.1. The number of primary amides is 1. The number of nitrogens with two attached hydrogens (primary N) is 1. The van der Waals surface area contributed by atoms with Crippen LogP contribution in [0.4, 0.5) is 0 Å². The molecule has 2 aromatic carbocycles. The molecule has 1 saturated heterocycles. The number of benzene rings is 2. The molecule has 4 amide bonds. The first-order chi connectivity index (χ1) is 25.8. The van der Waals surface area contributed by atoms with E-state index >= 15 is 0 Å². The lowest BCUT2D eigenvalue weighted by molar-refractivity contribution is -0.133. The Morgan fingerprint density at radius 1 is 0.944 bits per heavy atom. The number of aromatic nitrogens is 1. The maximum Gasteiger partial charge on any atom is 0.270 e. The lowest BCUT2D eigenvalue weighted by Crippen LogP contribution is -2.61. The van der Waals surface area contributed by atoms with Crippen molar-refractivity contribution in [3.63, 3.8) is 0 Å². The summed E-state index contributed by atoms with van der Waals surface area (Å²) < 4.78 is 0. The van der Waals surface area contributed by atoms with Gasteiger partial charge in [0.15, 0.2) is 0 Å². The first kappa shape index (κ1) is 39.1. The first-order valence-electron chi connectivity index (χ1n) is 19.0. The highest BCUT2D eigenvalue weighted by atomic mass is 32.1. The van der Waals surface area contributed by atoms with E-state index in [1.54, 1.807) is 18.2 Å². The van der Waals surface area contributed by atoms with E-state index in [0.717, 1.165) is 53.5 Å². The van der Waals surface area contributed by atoms with E-state index in [9.17, 15) is 24.3 Å². The van der Waals surface area contributed by atoms with E-state index in [1.807, 2.05) is 80.7 Å². The van der Waals surface area contributed by atoms with Gasteiger partial charge in [-0.3, -0.25) is 24.1 Å². The van der Waals surface area contributed by atoms with E-state index in [0.29, 0.717) is 23.9 Å². The molecule has 1 aliphatic carbocycles. The van der Waals surface area contributed by atoms with Crippen molar-refractivity contribution in [1.29, 1.82) is 0 Å². The predicted octanol–water partition coefficient (Wildman–Crippen LogP) is 4.82. The number of nitrogens with one attached hydrogen (secondary N) is 3. The number of aliphatic hydroxyl groups excluding tert-OH is 1.